The van der Waals surface area contributed by atoms with Crippen molar-refractivity contribution in [3.05, 3.63) is 29.8 Å². The van der Waals surface area contributed by atoms with Gasteiger partial charge in [-0.1, -0.05) is 19.1 Å². The normalized spacial score (nSPS) is 13.1. The number of nitrogens with two attached hydrogens (primary N) is 1. The first-order chi connectivity index (χ1) is 8.99. The standard InChI is InChI=1S/C15H24N2O2.ClH/c1-5-17(15(18)11(2)12(3)16)10-13-6-8-14(19-4)9-7-13;/h6-9,11-12H,5,10,16H2,1-4H3;1H. The Bertz CT molecular complexity index is 407. The highest BCUT2D eigenvalue weighted by Gasteiger charge is 2.22. The molecule has 0 aromatic heterocycles. The van der Waals surface area contributed by atoms with Crippen molar-refractivity contribution >= 4 is 18.3 Å². The number of ether oxygens (including phenoxy) is 1. The van der Waals surface area contributed by atoms with Crippen LogP contribution in [0.3, 0.4) is 0 Å². The number of benzene rings is 1. The van der Waals surface area contributed by atoms with E-state index in [1.165, 1.54) is 0 Å². The zero-order valence-electron chi connectivity index (χ0n) is 12.6. The van der Waals surface area contributed by atoms with E-state index >= 15 is 0 Å². The summed E-state index contributed by atoms with van der Waals surface area (Å²) < 4.78 is 5.12. The van der Waals surface area contributed by atoms with Crippen molar-refractivity contribution in [2.45, 2.75) is 33.4 Å². The van der Waals surface area contributed by atoms with Gasteiger partial charge in [0.1, 0.15) is 5.75 Å². The third-order valence-corrected chi connectivity index (χ3v) is 3.40. The molecule has 5 heteroatoms. The maximum atomic E-state index is 12.3. The first kappa shape index (κ1) is 18.7. The first-order valence-electron chi connectivity index (χ1n) is 6.66. The van der Waals surface area contributed by atoms with E-state index in [0.717, 1.165) is 11.3 Å². The highest BCUT2D eigenvalue weighted by atomic mass is 35.5. The summed E-state index contributed by atoms with van der Waals surface area (Å²) in [4.78, 5) is 14.1. The van der Waals surface area contributed by atoms with Crippen molar-refractivity contribution in [2.24, 2.45) is 11.7 Å². The Kier molecular flexibility index (Phi) is 8.26. The van der Waals surface area contributed by atoms with Crippen LogP contribution in [0.15, 0.2) is 24.3 Å². The van der Waals surface area contributed by atoms with Crippen LogP contribution in [-0.4, -0.2) is 30.5 Å². The SMILES string of the molecule is CCN(Cc1ccc(OC)cc1)C(=O)C(C)C(C)N.Cl. The second kappa shape index (κ2) is 8.82. The summed E-state index contributed by atoms with van der Waals surface area (Å²) >= 11 is 0. The minimum atomic E-state index is -0.154. The van der Waals surface area contributed by atoms with Gasteiger partial charge in [0.05, 0.1) is 13.0 Å². The van der Waals surface area contributed by atoms with Gasteiger partial charge in [-0.15, -0.1) is 12.4 Å². The predicted molar refractivity (Wildman–Crippen MR) is 84.1 cm³/mol. The molecule has 0 bridgehead atoms. The van der Waals surface area contributed by atoms with Crippen LogP contribution in [0.4, 0.5) is 0 Å². The Hall–Kier alpha value is -1.26. The maximum Gasteiger partial charge on any atom is 0.227 e. The minimum Gasteiger partial charge on any atom is -0.497 e. The van der Waals surface area contributed by atoms with Crippen molar-refractivity contribution in [3.8, 4) is 5.75 Å². The fourth-order valence-corrected chi connectivity index (χ4v) is 1.81. The molecule has 1 aromatic rings. The van der Waals surface area contributed by atoms with Gasteiger partial charge in [0.2, 0.25) is 5.91 Å². The number of hydrogen-bond acceptors (Lipinski definition) is 3. The molecule has 2 unspecified atom stereocenters. The molecule has 2 N–H and O–H groups in total. The zero-order valence-corrected chi connectivity index (χ0v) is 13.4. The fraction of sp³-hybridized carbons (Fsp3) is 0.533. The molecule has 2 atom stereocenters. The molecule has 0 aliphatic rings. The monoisotopic (exact) mass is 300 g/mol. The average molecular weight is 301 g/mol. The number of carbonyl (C=O) groups is 1. The van der Waals surface area contributed by atoms with E-state index in [-0.39, 0.29) is 30.3 Å². The van der Waals surface area contributed by atoms with E-state index < -0.39 is 0 Å². The Morgan fingerprint density at radius 1 is 1.30 bits per heavy atom. The number of hydrogen-bond donors (Lipinski definition) is 1. The third-order valence-electron chi connectivity index (χ3n) is 3.40. The van der Waals surface area contributed by atoms with Gasteiger partial charge in [0, 0.05) is 19.1 Å². The predicted octanol–water partition coefficient (Wildman–Crippen LogP) is 2.45. The summed E-state index contributed by atoms with van der Waals surface area (Å²) in [6.07, 6.45) is 0. The molecule has 1 amide bonds. The molecule has 1 aromatic carbocycles. The second-order valence-corrected chi connectivity index (χ2v) is 4.85. The molecule has 0 radical (unpaired) electrons. The van der Waals surface area contributed by atoms with E-state index in [2.05, 4.69) is 0 Å². The number of rotatable bonds is 6. The molecule has 114 valence electrons. The van der Waals surface area contributed by atoms with Crippen LogP contribution < -0.4 is 10.5 Å². The van der Waals surface area contributed by atoms with Gasteiger partial charge in [0.25, 0.3) is 0 Å². The first-order valence-corrected chi connectivity index (χ1v) is 6.66. The lowest BCUT2D eigenvalue weighted by Gasteiger charge is -2.26. The molecular formula is C15H25ClN2O2. The van der Waals surface area contributed by atoms with Gasteiger partial charge in [-0.25, -0.2) is 0 Å². The lowest BCUT2D eigenvalue weighted by molar-refractivity contribution is -0.135. The third kappa shape index (κ3) is 5.02. The highest BCUT2D eigenvalue weighted by molar-refractivity contribution is 5.85. The molecule has 0 aliphatic heterocycles. The van der Waals surface area contributed by atoms with Gasteiger partial charge >= 0.3 is 0 Å². The molecule has 0 spiro atoms. The molecule has 0 heterocycles. The quantitative estimate of drug-likeness (QED) is 0.878. The molecule has 0 saturated heterocycles. The van der Waals surface area contributed by atoms with Crippen LogP contribution in [0.1, 0.15) is 26.3 Å². The van der Waals surface area contributed by atoms with Crippen molar-refractivity contribution in [1.29, 1.82) is 0 Å². The van der Waals surface area contributed by atoms with Gasteiger partial charge in [-0.05, 0) is 31.5 Å². The lowest BCUT2D eigenvalue weighted by atomic mass is 10.0. The van der Waals surface area contributed by atoms with E-state index in [1.807, 2.05) is 49.9 Å². The summed E-state index contributed by atoms with van der Waals surface area (Å²) in [6.45, 7) is 7.01. The smallest absolute Gasteiger partial charge is 0.227 e. The molecule has 0 fully saturated rings. The molecular weight excluding hydrogens is 276 g/mol. The summed E-state index contributed by atoms with van der Waals surface area (Å²) in [6, 6.07) is 7.64. The number of amides is 1. The van der Waals surface area contributed by atoms with Gasteiger partial charge < -0.3 is 15.4 Å². The van der Waals surface area contributed by atoms with Gasteiger partial charge in [-0.3, -0.25) is 4.79 Å². The average Bonchev–Trinajstić information content (AvgIpc) is 2.43. The molecule has 0 aliphatic carbocycles. The van der Waals surface area contributed by atoms with Crippen LogP contribution in [-0.2, 0) is 11.3 Å². The van der Waals surface area contributed by atoms with Crippen LogP contribution in [0.2, 0.25) is 0 Å². The number of nitrogens with zero attached hydrogens (tertiary/aromatic N) is 1. The van der Waals surface area contributed by atoms with Gasteiger partial charge in [0.15, 0.2) is 0 Å². The number of methoxy groups -OCH3 is 1. The molecule has 4 nitrogen and oxygen atoms in total. The van der Waals surface area contributed by atoms with Crippen LogP contribution in [0, 0.1) is 5.92 Å². The van der Waals surface area contributed by atoms with E-state index in [9.17, 15) is 4.79 Å². The van der Waals surface area contributed by atoms with E-state index in [4.69, 9.17) is 10.5 Å². The fourth-order valence-electron chi connectivity index (χ4n) is 1.81. The van der Waals surface area contributed by atoms with Crippen LogP contribution >= 0.6 is 12.4 Å². The Morgan fingerprint density at radius 2 is 1.85 bits per heavy atom. The number of halogens is 1. The largest absolute Gasteiger partial charge is 0.497 e. The topological polar surface area (TPSA) is 55.6 Å². The molecule has 20 heavy (non-hydrogen) atoms. The van der Waals surface area contributed by atoms with Crippen molar-refractivity contribution in [3.63, 3.8) is 0 Å². The lowest BCUT2D eigenvalue weighted by Crippen LogP contribution is -2.41. The van der Waals surface area contributed by atoms with Crippen molar-refractivity contribution in [2.75, 3.05) is 13.7 Å². The van der Waals surface area contributed by atoms with E-state index in [0.29, 0.717) is 13.1 Å². The summed E-state index contributed by atoms with van der Waals surface area (Å²) in [5.74, 6) is 0.772. The van der Waals surface area contributed by atoms with Crippen LogP contribution in [0.5, 0.6) is 5.75 Å². The molecule has 1 rings (SSSR count). The summed E-state index contributed by atoms with van der Waals surface area (Å²) in [5, 5.41) is 0. The van der Waals surface area contributed by atoms with Crippen LogP contribution in [0.25, 0.3) is 0 Å². The second-order valence-electron chi connectivity index (χ2n) is 4.85. The minimum absolute atomic E-state index is 0. The summed E-state index contributed by atoms with van der Waals surface area (Å²) in [5.41, 5.74) is 6.89. The highest BCUT2D eigenvalue weighted by Crippen LogP contribution is 2.15. The Balaban J connectivity index is 0.00000361. The van der Waals surface area contributed by atoms with E-state index in [1.54, 1.807) is 7.11 Å². The summed E-state index contributed by atoms with van der Waals surface area (Å²) in [7, 11) is 1.64. The van der Waals surface area contributed by atoms with Crippen molar-refractivity contribution in [1.82, 2.24) is 4.90 Å². The van der Waals surface area contributed by atoms with Gasteiger partial charge in [-0.2, -0.15) is 0 Å². The maximum absolute atomic E-state index is 12.3. The van der Waals surface area contributed by atoms with Crippen molar-refractivity contribution < 1.29 is 9.53 Å². The number of carbonyl (C=O) groups excluding carboxylic acids is 1. The Morgan fingerprint density at radius 3 is 2.25 bits per heavy atom. The molecule has 0 saturated carbocycles. The Labute approximate surface area is 127 Å². The zero-order chi connectivity index (χ0) is 14.4.